The maximum absolute atomic E-state index is 5.65. The molecule has 0 bridgehead atoms. The molecule has 0 atom stereocenters. The number of benzene rings is 1. The van der Waals surface area contributed by atoms with Crippen molar-refractivity contribution in [1.82, 2.24) is 0 Å². The van der Waals surface area contributed by atoms with Crippen LogP contribution in [0.25, 0.3) is 0 Å². The van der Waals surface area contributed by atoms with E-state index in [4.69, 9.17) is 23.2 Å². The van der Waals surface area contributed by atoms with E-state index in [9.17, 15) is 0 Å². The molecule has 23 heavy (non-hydrogen) atoms. The van der Waals surface area contributed by atoms with Crippen LogP contribution in [0.4, 0.5) is 0 Å². The average molecular weight is 377 g/mol. The van der Waals surface area contributed by atoms with Gasteiger partial charge >= 0.3 is 0 Å². The molecule has 3 heteroatoms. The first-order valence-corrected chi connectivity index (χ1v) is 12.1. The second kappa shape index (κ2) is 17.1. The van der Waals surface area contributed by atoms with Crippen LogP contribution in [0.3, 0.4) is 0 Å². The van der Waals surface area contributed by atoms with E-state index in [-0.39, 0.29) is 0 Å². The predicted molar refractivity (Wildman–Crippen MR) is 112 cm³/mol. The Morgan fingerprint density at radius 1 is 0.696 bits per heavy atom. The number of unbranched alkanes of at least 4 members (excludes halogenated alkanes) is 3. The zero-order valence-corrected chi connectivity index (χ0v) is 17.7. The van der Waals surface area contributed by atoms with Crippen LogP contribution in [0.15, 0.2) is 24.3 Å². The Kier molecular flexibility index (Phi) is 17.2. The van der Waals surface area contributed by atoms with Gasteiger partial charge < -0.3 is 0 Å². The zero-order chi connectivity index (χ0) is 17.3. The molecular formula is C20H35Cl2P. The lowest BCUT2D eigenvalue weighted by atomic mass is 10.1. The van der Waals surface area contributed by atoms with Gasteiger partial charge in [0.2, 0.25) is 0 Å². The van der Waals surface area contributed by atoms with E-state index in [0.29, 0.717) is 19.7 Å². The summed E-state index contributed by atoms with van der Waals surface area (Å²) in [5, 5.41) is 0. The molecule has 0 nitrogen and oxygen atoms in total. The molecule has 0 spiro atoms. The molecule has 0 radical (unpaired) electrons. The third-order valence-electron chi connectivity index (χ3n) is 3.89. The molecule has 0 amide bonds. The van der Waals surface area contributed by atoms with E-state index in [0.717, 1.165) is 11.1 Å². The van der Waals surface area contributed by atoms with Crippen molar-refractivity contribution in [3.63, 3.8) is 0 Å². The van der Waals surface area contributed by atoms with Gasteiger partial charge in [0.15, 0.2) is 0 Å². The second-order valence-corrected chi connectivity index (χ2v) is 9.16. The third kappa shape index (κ3) is 12.3. The van der Waals surface area contributed by atoms with Crippen molar-refractivity contribution in [1.29, 1.82) is 0 Å². The summed E-state index contributed by atoms with van der Waals surface area (Å²) in [6.45, 7) is 6.94. The summed E-state index contributed by atoms with van der Waals surface area (Å²) in [5.41, 5.74) is 2.25. The van der Waals surface area contributed by atoms with Crippen LogP contribution < -0.4 is 0 Å². The van der Waals surface area contributed by atoms with Gasteiger partial charge in [0.05, 0.1) is 0 Å². The van der Waals surface area contributed by atoms with E-state index in [1.807, 2.05) is 24.3 Å². The van der Waals surface area contributed by atoms with Gasteiger partial charge in [0.1, 0.15) is 0 Å². The molecule has 0 fully saturated rings. The van der Waals surface area contributed by atoms with E-state index in [1.54, 1.807) is 18.5 Å². The summed E-state index contributed by atoms with van der Waals surface area (Å²) >= 11 is 11.3. The Bertz CT molecular complexity index is 326. The number of alkyl halides is 2. The lowest BCUT2D eigenvalue weighted by Gasteiger charge is -2.16. The fourth-order valence-electron chi connectivity index (χ4n) is 2.30. The largest absolute Gasteiger partial charge is 0.122 e. The Labute approximate surface area is 156 Å². The Hall–Kier alpha value is 0.230. The first kappa shape index (κ1) is 23.2. The molecule has 0 heterocycles. The Balaban J connectivity index is 0.000000433. The number of hydrogen-bond acceptors (Lipinski definition) is 0. The van der Waals surface area contributed by atoms with Gasteiger partial charge in [-0.2, -0.15) is 0 Å². The molecule has 0 aliphatic heterocycles. The van der Waals surface area contributed by atoms with E-state index in [1.165, 1.54) is 38.5 Å². The predicted octanol–water partition coefficient (Wildman–Crippen LogP) is 8.03. The molecule has 0 saturated carbocycles. The highest BCUT2D eigenvalue weighted by Crippen LogP contribution is 2.38. The summed E-state index contributed by atoms with van der Waals surface area (Å²) in [4.78, 5) is 0. The highest BCUT2D eigenvalue weighted by atomic mass is 35.5. The number of hydrogen-bond donors (Lipinski definition) is 0. The maximum atomic E-state index is 5.65. The lowest BCUT2D eigenvalue weighted by molar-refractivity contribution is 0.847. The van der Waals surface area contributed by atoms with Gasteiger partial charge in [-0.3, -0.25) is 0 Å². The third-order valence-corrected chi connectivity index (χ3v) is 7.31. The molecule has 134 valence electrons. The first-order valence-electron chi connectivity index (χ1n) is 9.14. The molecular weight excluding hydrogens is 342 g/mol. The summed E-state index contributed by atoms with van der Waals surface area (Å²) < 4.78 is 0. The number of halogens is 2. The quantitative estimate of drug-likeness (QED) is 0.270. The molecule has 1 aromatic carbocycles. The van der Waals surface area contributed by atoms with Gasteiger partial charge in [0, 0.05) is 11.8 Å². The van der Waals surface area contributed by atoms with Crippen LogP contribution in [0.1, 0.15) is 70.4 Å². The molecule has 0 aliphatic rings. The second-order valence-electron chi connectivity index (χ2n) is 5.94. The zero-order valence-electron chi connectivity index (χ0n) is 15.3. The van der Waals surface area contributed by atoms with Gasteiger partial charge in [0.25, 0.3) is 0 Å². The van der Waals surface area contributed by atoms with Crippen molar-refractivity contribution in [3.05, 3.63) is 35.4 Å². The first-order chi connectivity index (χ1) is 11.2. The number of rotatable bonds is 11. The van der Waals surface area contributed by atoms with Crippen molar-refractivity contribution >= 4 is 31.1 Å². The van der Waals surface area contributed by atoms with E-state index < -0.39 is 0 Å². The minimum Gasteiger partial charge on any atom is -0.122 e. The fourth-order valence-corrected chi connectivity index (χ4v) is 5.78. The van der Waals surface area contributed by atoms with Crippen molar-refractivity contribution < 1.29 is 0 Å². The van der Waals surface area contributed by atoms with Crippen LogP contribution >= 0.6 is 31.1 Å². The molecule has 0 aromatic heterocycles. The van der Waals surface area contributed by atoms with E-state index >= 15 is 0 Å². The van der Waals surface area contributed by atoms with Crippen molar-refractivity contribution in [2.24, 2.45) is 0 Å². The summed E-state index contributed by atoms with van der Waals surface area (Å²) in [7, 11) is 0.422. The Morgan fingerprint density at radius 2 is 1.04 bits per heavy atom. The van der Waals surface area contributed by atoms with Gasteiger partial charge in [-0.25, -0.2) is 0 Å². The molecule has 0 aliphatic carbocycles. The monoisotopic (exact) mass is 376 g/mol. The minimum absolute atomic E-state index is 0.422. The van der Waals surface area contributed by atoms with E-state index in [2.05, 4.69) is 20.8 Å². The van der Waals surface area contributed by atoms with Gasteiger partial charge in [-0.05, 0) is 48.9 Å². The molecule has 0 unspecified atom stereocenters. The highest BCUT2D eigenvalue weighted by molar-refractivity contribution is 7.57. The summed E-state index contributed by atoms with van der Waals surface area (Å²) in [6, 6.07) is 7.91. The minimum atomic E-state index is 0.422. The molecule has 0 N–H and O–H groups in total. The summed E-state index contributed by atoms with van der Waals surface area (Å²) in [6.07, 6.45) is 13.2. The van der Waals surface area contributed by atoms with Crippen molar-refractivity contribution in [2.45, 2.75) is 71.1 Å². The van der Waals surface area contributed by atoms with Crippen LogP contribution in [-0.2, 0) is 11.8 Å². The summed E-state index contributed by atoms with van der Waals surface area (Å²) in [5.74, 6) is 1.09. The van der Waals surface area contributed by atoms with Crippen LogP contribution in [0.2, 0.25) is 0 Å². The van der Waals surface area contributed by atoms with Crippen LogP contribution in [-0.4, -0.2) is 18.5 Å². The molecule has 1 rings (SSSR count). The van der Waals surface area contributed by atoms with Crippen LogP contribution in [0.5, 0.6) is 0 Å². The SMILES string of the molecule is CCCCP(CCCC)CCCC.ClCc1ccccc1CCl. The molecule has 1 aromatic rings. The van der Waals surface area contributed by atoms with Gasteiger partial charge in [-0.1, -0.05) is 64.3 Å². The highest BCUT2D eigenvalue weighted by Gasteiger charge is 2.05. The topological polar surface area (TPSA) is 0 Å². The smallest absolute Gasteiger partial charge is 0.0477 e. The Morgan fingerprint density at radius 3 is 1.30 bits per heavy atom. The standard InChI is InChI=1S/C12H27P.C8H8Cl2/c1-4-7-10-13(11-8-5-2)12-9-6-3;9-5-7-3-1-2-4-8(7)6-10/h4-12H2,1-3H3;1-4H,5-6H2. The molecule has 0 saturated heterocycles. The fraction of sp³-hybridized carbons (Fsp3) is 0.700. The van der Waals surface area contributed by atoms with Crippen LogP contribution in [0, 0.1) is 0 Å². The lowest BCUT2D eigenvalue weighted by Crippen LogP contribution is -1.95. The van der Waals surface area contributed by atoms with Crippen molar-refractivity contribution in [2.75, 3.05) is 18.5 Å². The van der Waals surface area contributed by atoms with Gasteiger partial charge in [-0.15, -0.1) is 31.1 Å². The normalized spacial score (nSPS) is 10.5. The average Bonchev–Trinajstić information content (AvgIpc) is 2.61. The maximum Gasteiger partial charge on any atom is 0.0477 e. The van der Waals surface area contributed by atoms with Crippen molar-refractivity contribution in [3.8, 4) is 0 Å².